The lowest BCUT2D eigenvalue weighted by Crippen LogP contribution is -1.95. The first-order valence-corrected chi connectivity index (χ1v) is 7.59. The number of fused-ring (bicyclic) bond motifs is 1. The van der Waals surface area contributed by atoms with E-state index in [1.54, 1.807) is 0 Å². The number of para-hydroxylation sites is 1. The van der Waals surface area contributed by atoms with Crippen molar-refractivity contribution in [2.75, 3.05) is 0 Å². The number of hydrogen-bond acceptors (Lipinski definition) is 2. The Morgan fingerprint density at radius 3 is 2.22 bits per heavy atom. The van der Waals surface area contributed by atoms with Crippen molar-refractivity contribution >= 4 is 5.65 Å². The molecule has 0 aliphatic heterocycles. The van der Waals surface area contributed by atoms with E-state index < -0.39 is 0 Å². The Hall–Kier alpha value is -3.07. The fourth-order valence-electron chi connectivity index (χ4n) is 2.70. The summed E-state index contributed by atoms with van der Waals surface area (Å²) in [6.45, 7) is 2.06. The van der Waals surface area contributed by atoms with Gasteiger partial charge in [0.2, 0.25) is 5.88 Å². The van der Waals surface area contributed by atoms with Crippen LogP contribution in [0, 0.1) is 6.92 Å². The van der Waals surface area contributed by atoms with Gasteiger partial charge < -0.3 is 4.74 Å². The van der Waals surface area contributed by atoms with Crippen molar-refractivity contribution in [3.05, 3.63) is 84.6 Å². The van der Waals surface area contributed by atoms with Gasteiger partial charge in [-0.15, -0.1) is 0 Å². The van der Waals surface area contributed by atoms with Gasteiger partial charge in [0, 0.05) is 11.3 Å². The quantitative estimate of drug-likeness (QED) is 0.526. The first kappa shape index (κ1) is 13.6. The van der Waals surface area contributed by atoms with Gasteiger partial charge in [-0.3, -0.25) is 4.40 Å². The zero-order valence-electron chi connectivity index (χ0n) is 12.8. The molecule has 2 aromatic carbocycles. The number of nitrogens with zero attached hydrogens (tertiary/aromatic N) is 2. The Morgan fingerprint density at radius 1 is 0.783 bits per heavy atom. The average Bonchev–Trinajstić information content (AvgIpc) is 2.96. The number of rotatable bonds is 3. The van der Waals surface area contributed by atoms with Crippen LogP contribution in [0.1, 0.15) is 5.69 Å². The lowest BCUT2D eigenvalue weighted by molar-refractivity contribution is 0.459. The van der Waals surface area contributed by atoms with E-state index in [1.165, 1.54) is 0 Å². The molecular weight excluding hydrogens is 284 g/mol. The van der Waals surface area contributed by atoms with Crippen LogP contribution < -0.4 is 4.74 Å². The van der Waals surface area contributed by atoms with Crippen molar-refractivity contribution in [2.24, 2.45) is 0 Å². The molecule has 0 atom stereocenters. The van der Waals surface area contributed by atoms with Gasteiger partial charge in [-0.05, 0) is 31.2 Å². The number of benzene rings is 2. The highest BCUT2D eigenvalue weighted by atomic mass is 16.5. The van der Waals surface area contributed by atoms with E-state index in [9.17, 15) is 0 Å². The van der Waals surface area contributed by atoms with E-state index in [0.717, 1.165) is 34.2 Å². The monoisotopic (exact) mass is 300 g/mol. The summed E-state index contributed by atoms with van der Waals surface area (Å²) in [5.41, 5.74) is 3.86. The number of imidazole rings is 1. The third-order valence-corrected chi connectivity index (χ3v) is 3.80. The first-order chi connectivity index (χ1) is 11.3. The fraction of sp³-hybridized carbons (Fsp3) is 0.0500. The molecule has 0 fully saturated rings. The molecule has 2 heterocycles. The molecule has 0 aliphatic carbocycles. The Bertz CT molecular complexity index is 943. The molecule has 2 aromatic heterocycles. The van der Waals surface area contributed by atoms with Crippen molar-refractivity contribution in [2.45, 2.75) is 6.92 Å². The van der Waals surface area contributed by atoms with Gasteiger partial charge in [-0.2, -0.15) is 0 Å². The van der Waals surface area contributed by atoms with Crippen molar-refractivity contribution in [1.29, 1.82) is 0 Å². The normalized spacial score (nSPS) is 10.8. The highest BCUT2D eigenvalue weighted by Crippen LogP contribution is 2.34. The Labute approximate surface area is 134 Å². The van der Waals surface area contributed by atoms with Crippen LogP contribution in [-0.4, -0.2) is 9.38 Å². The molecule has 0 aliphatic rings. The predicted molar refractivity (Wildman–Crippen MR) is 91.9 cm³/mol. The smallest absolute Gasteiger partial charge is 0.232 e. The molecular formula is C20H16N2O. The van der Waals surface area contributed by atoms with Crippen molar-refractivity contribution in [1.82, 2.24) is 9.38 Å². The second kappa shape index (κ2) is 5.61. The van der Waals surface area contributed by atoms with Gasteiger partial charge in [-0.1, -0.05) is 54.6 Å². The Morgan fingerprint density at radius 2 is 1.48 bits per heavy atom. The summed E-state index contributed by atoms with van der Waals surface area (Å²) in [6.07, 6.45) is 0. The summed E-state index contributed by atoms with van der Waals surface area (Å²) in [5.74, 6) is 1.55. The van der Waals surface area contributed by atoms with Crippen LogP contribution in [0.4, 0.5) is 0 Å². The standard InChI is InChI=1S/C20H16N2O/c1-15-9-8-14-18-21-19(16-10-4-2-5-11-16)20(22(15)18)23-17-12-6-3-7-13-17/h2-14H,1H3. The topological polar surface area (TPSA) is 26.5 Å². The molecule has 0 bridgehead atoms. The van der Waals surface area contributed by atoms with Crippen LogP contribution in [-0.2, 0) is 0 Å². The molecule has 3 heteroatoms. The van der Waals surface area contributed by atoms with E-state index in [0.29, 0.717) is 0 Å². The molecule has 3 nitrogen and oxygen atoms in total. The van der Waals surface area contributed by atoms with Crippen molar-refractivity contribution in [3.8, 4) is 22.9 Å². The molecule has 0 saturated heterocycles. The summed E-state index contributed by atoms with van der Waals surface area (Å²) in [4.78, 5) is 4.78. The maximum absolute atomic E-state index is 6.20. The first-order valence-electron chi connectivity index (χ1n) is 7.59. The number of hydrogen-bond donors (Lipinski definition) is 0. The highest BCUT2D eigenvalue weighted by Gasteiger charge is 2.17. The molecule has 0 unspecified atom stereocenters. The van der Waals surface area contributed by atoms with E-state index in [1.807, 2.05) is 60.7 Å². The lowest BCUT2D eigenvalue weighted by Gasteiger charge is -2.09. The minimum absolute atomic E-state index is 0.746. The van der Waals surface area contributed by atoms with Gasteiger partial charge in [0.1, 0.15) is 17.1 Å². The van der Waals surface area contributed by atoms with Crippen molar-refractivity contribution < 1.29 is 4.74 Å². The van der Waals surface area contributed by atoms with E-state index in [2.05, 4.69) is 29.5 Å². The molecule has 4 rings (SSSR count). The maximum Gasteiger partial charge on any atom is 0.232 e. The Balaban J connectivity index is 1.95. The third-order valence-electron chi connectivity index (χ3n) is 3.80. The summed E-state index contributed by atoms with van der Waals surface area (Å²) < 4.78 is 8.25. The van der Waals surface area contributed by atoms with E-state index in [4.69, 9.17) is 9.72 Å². The lowest BCUT2D eigenvalue weighted by atomic mass is 10.2. The summed E-state index contributed by atoms with van der Waals surface area (Å²) in [6, 6.07) is 26.0. The van der Waals surface area contributed by atoms with Crippen LogP contribution in [0.25, 0.3) is 16.9 Å². The molecule has 0 spiro atoms. The van der Waals surface area contributed by atoms with Crippen LogP contribution in [0.3, 0.4) is 0 Å². The molecule has 112 valence electrons. The third kappa shape index (κ3) is 2.46. The summed E-state index contributed by atoms with van der Waals surface area (Å²) in [5, 5.41) is 0. The number of aromatic nitrogens is 2. The number of aryl methyl sites for hydroxylation is 1. The van der Waals surface area contributed by atoms with Crippen molar-refractivity contribution in [3.63, 3.8) is 0 Å². The zero-order chi connectivity index (χ0) is 15.6. The largest absolute Gasteiger partial charge is 0.438 e. The highest BCUT2D eigenvalue weighted by molar-refractivity contribution is 5.70. The fourth-order valence-corrected chi connectivity index (χ4v) is 2.70. The minimum atomic E-state index is 0.746. The second-order valence-corrected chi connectivity index (χ2v) is 5.41. The van der Waals surface area contributed by atoms with E-state index in [-0.39, 0.29) is 0 Å². The summed E-state index contributed by atoms with van der Waals surface area (Å²) >= 11 is 0. The second-order valence-electron chi connectivity index (χ2n) is 5.41. The average molecular weight is 300 g/mol. The van der Waals surface area contributed by atoms with Crippen LogP contribution >= 0.6 is 0 Å². The van der Waals surface area contributed by atoms with E-state index >= 15 is 0 Å². The van der Waals surface area contributed by atoms with Gasteiger partial charge >= 0.3 is 0 Å². The van der Waals surface area contributed by atoms with Gasteiger partial charge in [0.05, 0.1) is 0 Å². The molecule has 0 amide bonds. The Kier molecular flexibility index (Phi) is 3.31. The minimum Gasteiger partial charge on any atom is -0.438 e. The SMILES string of the molecule is Cc1cccc2nc(-c3ccccc3)c(Oc3ccccc3)n12. The molecule has 23 heavy (non-hydrogen) atoms. The van der Waals surface area contributed by atoms with Gasteiger partial charge in [0.25, 0.3) is 0 Å². The summed E-state index contributed by atoms with van der Waals surface area (Å²) in [7, 11) is 0. The molecule has 4 aromatic rings. The molecule has 0 N–H and O–H groups in total. The number of ether oxygens (including phenoxy) is 1. The van der Waals surface area contributed by atoms with Crippen LogP contribution in [0.5, 0.6) is 11.6 Å². The van der Waals surface area contributed by atoms with Gasteiger partial charge in [0.15, 0.2) is 0 Å². The maximum atomic E-state index is 6.20. The van der Waals surface area contributed by atoms with Crippen LogP contribution in [0.2, 0.25) is 0 Å². The number of pyridine rings is 1. The predicted octanol–water partition coefficient (Wildman–Crippen LogP) is 5.10. The molecule has 0 saturated carbocycles. The zero-order valence-corrected chi connectivity index (χ0v) is 12.8. The molecule has 0 radical (unpaired) electrons. The van der Waals surface area contributed by atoms with Crippen LogP contribution in [0.15, 0.2) is 78.9 Å². The van der Waals surface area contributed by atoms with Gasteiger partial charge in [-0.25, -0.2) is 4.98 Å².